The Bertz CT molecular complexity index is 946. The van der Waals surface area contributed by atoms with E-state index in [2.05, 4.69) is 57.2 Å². The molecule has 2 aliphatic rings. The number of aryl methyl sites for hydroxylation is 2. The van der Waals surface area contributed by atoms with Crippen LogP contribution in [0.5, 0.6) is 0 Å². The molecule has 2 aromatic carbocycles. The first kappa shape index (κ1) is 28.4. The average Bonchev–Trinajstić information content (AvgIpc) is 3.52. The fourth-order valence-electron chi connectivity index (χ4n) is 6.75. The second-order valence-corrected chi connectivity index (χ2v) is 11.8. The molecule has 0 radical (unpaired) electrons. The first-order valence-corrected chi connectivity index (χ1v) is 15.7. The van der Waals surface area contributed by atoms with Gasteiger partial charge in [0.2, 0.25) is 0 Å². The molecular weight excluding hydrogens is 451 g/mol. The van der Waals surface area contributed by atoms with Gasteiger partial charge in [0, 0.05) is 5.41 Å². The zero-order valence-electron chi connectivity index (χ0n) is 24.1. The van der Waals surface area contributed by atoms with Crippen molar-refractivity contribution in [3.05, 3.63) is 58.7 Å². The standard InChI is InChI=1S/C34H51BO2/c1-4-6-8-10-12-14-21-34(22-15-13-11-9-7-5-2)32-26-28(3)16-18-30(32)31-19-17-29(27-33(31)34)20-23-35-36-24-25-37-35/h16-19,26-27H,4-15,20-25H2,1-3H3. The Morgan fingerprint density at radius 1 is 0.676 bits per heavy atom. The van der Waals surface area contributed by atoms with Crippen molar-refractivity contribution >= 4 is 7.12 Å². The zero-order chi connectivity index (χ0) is 25.9. The van der Waals surface area contributed by atoms with E-state index in [-0.39, 0.29) is 12.5 Å². The Kier molecular flexibility index (Phi) is 11.2. The van der Waals surface area contributed by atoms with Gasteiger partial charge >= 0.3 is 7.12 Å². The van der Waals surface area contributed by atoms with E-state index in [0.29, 0.717) is 0 Å². The quantitative estimate of drug-likeness (QED) is 0.158. The molecule has 1 fully saturated rings. The van der Waals surface area contributed by atoms with Gasteiger partial charge in [-0.1, -0.05) is 133 Å². The smallest absolute Gasteiger partial charge is 0.409 e. The monoisotopic (exact) mass is 502 g/mol. The van der Waals surface area contributed by atoms with Crippen LogP contribution >= 0.6 is 0 Å². The molecule has 0 amide bonds. The van der Waals surface area contributed by atoms with Gasteiger partial charge in [-0.15, -0.1) is 0 Å². The van der Waals surface area contributed by atoms with E-state index in [1.807, 2.05) is 0 Å². The molecule has 202 valence electrons. The Morgan fingerprint density at radius 3 is 1.84 bits per heavy atom. The zero-order valence-corrected chi connectivity index (χ0v) is 24.1. The van der Waals surface area contributed by atoms with Gasteiger partial charge in [-0.2, -0.15) is 0 Å². The van der Waals surface area contributed by atoms with E-state index < -0.39 is 0 Å². The van der Waals surface area contributed by atoms with Crippen molar-refractivity contribution in [3.63, 3.8) is 0 Å². The van der Waals surface area contributed by atoms with E-state index >= 15 is 0 Å². The molecule has 0 saturated carbocycles. The molecule has 0 atom stereocenters. The minimum atomic E-state index is -0.0240. The summed E-state index contributed by atoms with van der Waals surface area (Å²) in [5.41, 5.74) is 9.22. The first-order valence-electron chi connectivity index (χ1n) is 15.7. The van der Waals surface area contributed by atoms with Crippen molar-refractivity contribution < 1.29 is 9.31 Å². The van der Waals surface area contributed by atoms with Crippen LogP contribution in [0.4, 0.5) is 0 Å². The molecule has 0 aromatic heterocycles. The van der Waals surface area contributed by atoms with Crippen LogP contribution in [0.1, 0.15) is 126 Å². The second-order valence-electron chi connectivity index (χ2n) is 11.8. The average molecular weight is 503 g/mol. The van der Waals surface area contributed by atoms with E-state index in [1.165, 1.54) is 112 Å². The summed E-state index contributed by atoms with van der Waals surface area (Å²) in [5.74, 6) is 0. The minimum Gasteiger partial charge on any atom is -0.409 e. The highest BCUT2D eigenvalue weighted by molar-refractivity contribution is 6.44. The maximum Gasteiger partial charge on any atom is 0.457 e. The van der Waals surface area contributed by atoms with Crippen LogP contribution in [-0.4, -0.2) is 20.3 Å². The first-order chi connectivity index (χ1) is 18.2. The van der Waals surface area contributed by atoms with Gasteiger partial charge in [0.05, 0.1) is 13.2 Å². The third-order valence-corrected chi connectivity index (χ3v) is 8.85. The molecule has 2 aromatic rings. The highest BCUT2D eigenvalue weighted by Gasteiger charge is 2.42. The highest BCUT2D eigenvalue weighted by atomic mass is 16.6. The van der Waals surface area contributed by atoms with E-state index in [4.69, 9.17) is 9.31 Å². The van der Waals surface area contributed by atoms with Crippen molar-refractivity contribution in [2.45, 2.75) is 129 Å². The predicted octanol–water partition coefficient (Wildman–Crippen LogP) is 9.84. The van der Waals surface area contributed by atoms with Crippen molar-refractivity contribution in [1.82, 2.24) is 0 Å². The van der Waals surface area contributed by atoms with Crippen molar-refractivity contribution in [2.75, 3.05) is 13.2 Å². The molecule has 0 unspecified atom stereocenters. The predicted molar refractivity (Wildman–Crippen MR) is 160 cm³/mol. The van der Waals surface area contributed by atoms with E-state index in [9.17, 15) is 0 Å². The van der Waals surface area contributed by atoms with E-state index in [0.717, 1.165) is 26.0 Å². The summed E-state index contributed by atoms with van der Waals surface area (Å²) in [6, 6.07) is 14.6. The molecule has 4 rings (SSSR count). The summed E-state index contributed by atoms with van der Waals surface area (Å²) in [5, 5.41) is 0. The van der Waals surface area contributed by atoms with Gasteiger partial charge in [-0.3, -0.25) is 0 Å². The van der Waals surface area contributed by atoms with Crippen LogP contribution < -0.4 is 0 Å². The number of hydrogen-bond acceptors (Lipinski definition) is 2. The molecule has 0 N–H and O–H groups in total. The van der Waals surface area contributed by atoms with E-state index in [1.54, 1.807) is 11.1 Å². The molecule has 37 heavy (non-hydrogen) atoms. The van der Waals surface area contributed by atoms with Crippen LogP contribution in [0.25, 0.3) is 11.1 Å². The third-order valence-electron chi connectivity index (χ3n) is 8.85. The van der Waals surface area contributed by atoms with Crippen molar-refractivity contribution in [2.24, 2.45) is 0 Å². The summed E-state index contributed by atoms with van der Waals surface area (Å²) >= 11 is 0. The summed E-state index contributed by atoms with van der Waals surface area (Å²) < 4.78 is 11.5. The summed E-state index contributed by atoms with van der Waals surface area (Å²) in [7, 11) is -0.0240. The lowest BCUT2D eigenvalue weighted by molar-refractivity contribution is 0.365. The van der Waals surface area contributed by atoms with Crippen molar-refractivity contribution in [3.8, 4) is 11.1 Å². The molecule has 1 aliphatic heterocycles. The molecule has 1 heterocycles. The largest absolute Gasteiger partial charge is 0.457 e. The molecule has 0 spiro atoms. The Labute approximate surface area is 228 Å². The van der Waals surface area contributed by atoms with Gasteiger partial charge in [-0.25, -0.2) is 0 Å². The summed E-state index contributed by atoms with van der Waals surface area (Å²) in [6.07, 6.45) is 20.9. The fraction of sp³-hybridized carbons (Fsp3) is 0.647. The topological polar surface area (TPSA) is 18.5 Å². The van der Waals surface area contributed by atoms with Gasteiger partial charge in [-0.05, 0) is 60.3 Å². The molecule has 0 bridgehead atoms. The number of fused-ring (bicyclic) bond motifs is 3. The lowest BCUT2D eigenvalue weighted by Crippen LogP contribution is -2.26. The normalized spacial score (nSPS) is 15.8. The Hall–Kier alpha value is -1.58. The summed E-state index contributed by atoms with van der Waals surface area (Å²) in [6.45, 7) is 8.38. The highest BCUT2D eigenvalue weighted by Crippen LogP contribution is 2.54. The van der Waals surface area contributed by atoms with Crippen LogP contribution in [0.3, 0.4) is 0 Å². The second kappa shape index (κ2) is 14.5. The van der Waals surface area contributed by atoms with Gasteiger partial charge in [0.25, 0.3) is 0 Å². The lowest BCUT2D eigenvalue weighted by atomic mass is 9.70. The maximum absolute atomic E-state index is 5.74. The summed E-state index contributed by atoms with van der Waals surface area (Å²) in [4.78, 5) is 0. The molecule has 2 nitrogen and oxygen atoms in total. The third kappa shape index (κ3) is 7.30. The Morgan fingerprint density at radius 2 is 1.22 bits per heavy atom. The van der Waals surface area contributed by atoms with Gasteiger partial charge in [0.15, 0.2) is 0 Å². The van der Waals surface area contributed by atoms with Crippen LogP contribution in [0, 0.1) is 6.92 Å². The molecule has 1 saturated heterocycles. The Balaban J connectivity index is 1.58. The molecule has 1 aliphatic carbocycles. The fourth-order valence-corrected chi connectivity index (χ4v) is 6.75. The minimum absolute atomic E-state index is 0.0240. The number of hydrogen-bond donors (Lipinski definition) is 0. The molecule has 3 heteroatoms. The SMILES string of the molecule is CCCCCCCCC1(CCCCCCCC)c2cc(C)ccc2-c2ccc(CCB3OCCO3)cc21. The number of unbranched alkanes of at least 4 members (excludes halogenated alkanes) is 10. The number of benzene rings is 2. The van der Waals surface area contributed by atoms with Crippen molar-refractivity contribution in [1.29, 1.82) is 0 Å². The maximum atomic E-state index is 5.74. The van der Waals surface area contributed by atoms with Crippen LogP contribution in [0.2, 0.25) is 6.32 Å². The number of rotatable bonds is 17. The lowest BCUT2D eigenvalue weighted by Gasteiger charge is -2.33. The van der Waals surface area contributed by atoms with Crippen LogP contribution in [-0.2, 0) is 21.1 Å². The molecular formula is C34H51BO2. The van der Waals surface area contributed by atoms with Gasteiger partial charge < -0.3 is 9.31 Å². The van der Waals surface area contributed by atoms with Crippen LogP contribution in [0.15, 0.2) is 36.4 Å². The van der Waals surface area contributed by atoms with Gasteiger partial charge in [0.1, 0.15) is 0 Å².